The summed E-state index contributed by atoms with van der Waals surface area (Å²) in [4.78, 5) is 0. The summed E-state index contributed by atoms with van der Waals surface area (Å²) in [6, 6.07) is 0. The third-order valence-corrected chi connectivity index (χ3v) is 3.21. The average molecular weight is 180 g/mol. The van der Waals surface area contributed by atoms with Gasteiger partial charge in [-0.25, -0.2) is 8.42 Å². The Labute approximate surface area is 66.4 Å². The van der Waals surface area contributed by atoms with Crippen LogP contribution in [-0.4, -0.2) is 46.4 Å². The molecule has 0 aromatic heterocycles. The van der Waals surface area contributed by atoms with Crippen molar-refractivity contribution in [3.63, 3.8) is 0 Å². The number of hydrogen-bond donors (Lipinski definition) is 0. The molecule has 0 amide bonds. The number of methoxy groups -OCH3 is 1. The van der Waals surface area contributed by atoms with Gasteiger partial charge in [-0.2, -0.15) is 0 Å². The monoisotopic (exact) mass is 180 g/mol. The van der Waals surface area contributed by atoms with Gasteiger partial charge in [0, 0.05) is 7.11 Å². The zero-order valence-corrected chi connectivity index (χ0v) is 7.26. The van der Waals surface area contributed by atoms with E-state index < -0.39 is 9.84 Å². The van der Waals surface area contributed by atoms with Crippen molar-refractivity contribution >= 4 is 9.84 Å². The maximum absolute atomic E-state index is 11.0. The molecule has 4 nitrogen and oxygen atoms in total. The van der Waals surface area contributed by atoms with Gasteiger partial charge < -0.3 is 9.47 Å². The lowest BCUT2D eigenvalue weighted by atomic mass is 10.4. The molecule has 66 valence electrons. The Morgan fingerprint density at radius 2 is 2.36 bits per heavy atom. The minimum atomic E-state index is -2.86. The Hall–Kier alpha value is -0.130. The lowest BCUT2D eigenvalue weighted by Crippen LogP contribution is -2.36. The van der Waals surface area contributed by atoms with Gasteiger partial charge in [-0.1, -0.05) is 0 Å². The first-order chi connectivity index (χ1) is 5.14. The summed E-state index contributed by atoms with van der Waals surface area (Å²) >= 11 is 0. The summed E-state index contributed by atoms with van der Waals surface area (Å²) in [7, 11) is -1.33. The van der Waals surface area contributed by atoms with Crippen molar-refractivity contribution in [2.24, 2.45) is 0 Å². The summed E-state index contributed by atoms with van der Waals surface area (Å²) in [5.74, 6) is 0.244. The molecule has 0 radical (unpaired) electrons. The Morgan fingerprint density at radius 1 is 1.64 bits per heavy atom. The fraction of sp³-hybridized carbons (Fsp3) is 1.00. The number of hydrogen-bond acceptors (Lipinski definition) is 4. The van der Waals surface area contributed by atoms with Gasteiger partial charge in [-0.15, -0.1) is 0 Å². The Bertz CT molecular complexity index is 207. The zero-order chi connectivity index (χ0) is 8.32. The van der Waals surface area contributed by atoms with Gasteiger partial charge in [-0.05, 0) is 0 Å². The minimum Gasteiger partial charge on any atom is -0.382 e. The molecule has 1 saturated heterocycles. The van der Waals surface area contributed by atoms with Crippen molar-refractivity contribution in [2.75, 3.05) is 31.8 Å². The molecule has 0 saturated carbocycles. The van der Waals surface area contributed by atoms with Gasteiger partial charge in [0.25, 0.3) is 0 Å². The van der Waals surface area contributed by atoms with E-state index in [1.807, 2.05) is 0 Å². The molecule has 5 heteroatoms. The van der Waals surface area contributed by atoms with E-state index in [0.29, 0.717) is 13.2 Å². The van der Waals surface area contributed by atoms with E-state index in [9.17, 15) is 8.42 Å². The van der Waals surface area contributed by atoms with E-state index in [4.69, 9.17) is 9.47 Å². The van der Waals surface area contributed by atoms with Gasteiger partial charge in [0.1, 0.15) is 0 Å². The van der Waals surface area contributed by atoms with E-state index in [-0.39, 0.29) is 17.6 Å². The topological polar surface area (TPSA) is 52.6 Å². The van der Waals surface area contributed by atoms with Gasteiger partial charge in [0.05, 0.1) is 30.8 Å². The maximum atomic E-state index is 11.0. The van der Waals surface area contributed by atoms with E-state index in [1.165, 1.54) is 7.11 Å². The molecule has 1 aliphatic heterocycles. The molecule has 1 rings (SSSR count). The first kappa shape index (κ1) is 8.96. The third kappa shape index (κ3) is 2.76. The predicted octanol–water partition coefficient (Wildman–Crippen LogP) is -0.554. The van der Waals surface area contributed by atoms with Crippen LogP contribution in [0, 0.1) is 0 Å². The fourth-order valence-electron chi connectivity index (χ4n) is 1.04. The zero-order valence-electron chi connectivity index (χ0n) is 6.45. The predicted molar refractivity (Wildman–Crippen MR) is 40.3 cm³/mol. The van der Waals surface area contributed by atoms with E-state index in [1.54, 1.807) is 0 Å². The maximum Gasteiger partial charge on any atom is 0.155 e. The van der Waals surface area contributed by atoms with Crippen LogP contribution in [-0.2, 0) is 19.3 Å². The van der Waals surface area contributed by atoms with Crippen molar-refractivity contribution in [3.05, 3.63) is 0 Å². The van der Waals surface area contributed by atoms with Crippen molar-refractivity contribution in [2.45, 2.75) is 6.10 Å². The van der Waals surface area contributed by atoms with Crippen LogP contribution in [0.2, 0.25) is 0 Å². The van der Waals surface area contributed by atoms with E-state index >= 15 is 0 Å². The molecular weight excluding hydrogens is 168 g/mol. The molecule has 1 fully saturated rings. The molecule has 1 heterocycles. The highest BCUT2D eigenvalue weighted by atomic mass is 32.2. The summed E-state index contributed by atoms with van der Waals surface area (Å²) in [6.45, 7) is 0.662. The molecule has 1 aliphatic rings. The Balaban J connectivity index is 2.47. The minimum absolute atomic E-state index is 0.0981. The van der Waals surface area contributed by atoms with E-state index in [0.717, 1.165) is 0 Å². The summed E-state index contributed by atoms with van der Waals surface area (Å²) in [5.41, 5.74) is 0. The van der Waals surface area contributed by atoms with Crippen LogP contribution < -0.4 is 0 Å². The quantitative estimate of drug-likeness (QED) is 0.572. The molecule has 0 bridgehead atoms. The SMILES string of the molecule is COCC1CS(=O)(=O)CCO1. The standard InChI is InChI=1S/C6H12O4S/c1-9-4-6-5-11(7,8)3-2-10-6/h6H,2-5H2,1H3. The van der Waals surface area contributed by atoms with Gasteiger partial charge in [0.15, 0.2) is 9.84 Å². The van der Waals surface area contributed by atoms with Crippen LogP contribution in [0.25, 0.3) is 0 Å². The molecule has 0 aromatic rings. The molecule has 0 aromatic carbocycles. The molecule has 1 atom stereocenters. The Kier molecular flexibility index (Phi) is 2.86. The summed E-state index contributed by atoms with van der Waals surface area (Å²) in [6.07, 6.45) is -0.265. The lowest BCUT2D eigenvalue weighted by molar-refractivity contribution is 0.0127. The third-order valence-electron chi connectivity index (χ3n) is 1.54. The van der Waals surface area contributed by atoms with Crippen LogP contribution in [0.5, 0.6) is 0 Å². The highest BCUT2D eigenvalue weighted by Gasteiger charge is 2.24. The first-order valence-electron chi connectivity index (χ1n) is 3.45. The lowest BCUT2D eigenvalue weighted by Gasteiger charge is -2.21. The Morgan fingerprint density at radius 3 is 2.91 bits per heavy atom. The van der Waals surface area contributed by atoms with Gasteiger partial charge in [0.2, 0.25) is 0 Å². The summed E-state index contributed by atoms with van der Waals surface area (Å²) in [5, 5.41) is 0. The first-order valence-corrected chi connectivity index (χ1v) is 5.27. The normalized spacial score (nSPS) is 30.1. The average Bonchev–Trinajstić information content (AvgIpc) is 1.85. The number of sulfone groups is 1. The van der Waals surface area contributed by atoms with Crippen molar-refractivity contribution in [1.29, 1.82) is 0 Å². The van der Waals surface area contributed by atoms with Crippen molar-refractivity contribution in [1.82, 2.24) is 0 Å². The molecule has 0 spiro atoms. The van der Waals surface area contributed by atoms with Crippen LogP contribution in [0.1, 0.15) is 0 Å². The molecule has 0 N–H and O–H groups in total. The largest absolute Gasteiger partial charge is 0.382 e. The molecule has 1 unspecified atom stereocenters. The second kappa shape index (κ2) is 3.51. The van der Waals surface area contributed by atoms with Gasteiger partial charge in [-0.3, -0.25) is 0 Å². The summed E-state index contributed by atoms with van der Waals surface area (Å²) < 4.78 is 31.9. The second-order valence-corrected chi connectivity index (χ2v) is 4.79. The van der Waals surface area contributed by atoms with Crippen LogP contribution in [0.4, 0.5) is 0 Å². The highest BCUT2D eigenvalue weighted by molar-refractivity contribution is 7.91. The van der Waals surface area contributed by atoms with Gasteiger partial charge >= 0.3 is 0 Å². The fourth-order valence-corrected chi connectivity index (χ4v) is 2.31. The highest BCUT2D eigenvalue weighted by Crippen LogP contribution is 2.06. The molecular formula is C6H12O4S. The molecule has 11 heavy (non-hydrogen) atoms. The van der Waals surface area contributed by atoms with Crippen molar-refractivity contribution < 1.29 is 17.9 Å². The smallest absolute Gasteiger partial charge is 0.155 e. The van der Waals surface area contributed by atoms with Crippen LogP contribution >= 0.6 is 0 Å². The van der Waals surface area contributed by atoms with Crippen molar-refractivity contribution in [3.8, 4) is 0 Å². The molecule has 0 aliphatic carbocycles. The van der Waals surface area contributed by atoms with Crippen LogP contribution in [0.3, 0.4) is 0 Å². The van der Waals surface area contributed by atoms with E-state index in [2.05, 4.69) is 0 Å². The van der Waals surface area contributed by atoms with Crippen LogP contribution in [0.15, 0.2) is 0 Å². The number of rotatable bonds is 2. The number of ether oxygens (including phenoxy) is 2. The second-order valence-electron chi connectivity index (χ2n) is 2.56.